The average molecular weight is 220 g/mol. The van der Waals surface area contributed by atoms with E-state index in [1.165, 1.54) is 19.3 Å². The third-order valence-corrected chi connectivity index (χ3v) is 3.71. The number of hydrogen-bond donors (Lipinski definition) is 1. The van der Waals surface area contributed by atoms with Gasteiger partial charge in [-0.05, 0) is 18.9 Å². The molecule has 1 heterocycles. The molecule has 0 bridgehead atoms. The Morgan fingerprint density at radius 2 is 2.12 bits per heavy atom. The van der Waals surface area contributed by atoms with Crippen molar-refractivity contribution >= 4 is 0 Å². The molecule has 0 radical (unpaired) electrons. The lowest BCUT2D eigenvalue weighted by Gasteiger charge is -2.35. The Hall–Kier alpha value is -1.09. The quantitative estimate of drug-likeness (QED) is 0.850. The Labute approximate surface area is 97.0 Å². The smallest absolute Gasteiger partial charge is 0.122 e. The number of hydrogen-bond acceptors (Lipinski definition) is 3. The molecule has 0 spiro atoms. The zero-order valence-electron chi connectivity index (χ0n) is 9.91. The van der Waals surface area contributed by atoms with E-state index in [9.17, 15) is 0 Å². The molecule has 0 aromatic carbocycles. The summed E-state index contributed by atoms with van der Waals surface area (Å²) in [6.45, 7) is 0.688. The van der Waals surface area contributed by atoms with Crippen LogP contribution in [-0.2, 0) is 5.41 Å². The van der Waals surface area contributed by atoms with E-state index >= 15 is 0 Å². The van der Waals surface area contributed by atoms with Crippen molar-refractivity contribution in [3.05, 3.63) is 24.0 Å². The summed E-state index contributed by atoms with van der Waals surface area (Å²) in [6.07, 6.45) is 7.98. The van der Waals surface area contributed by atoms with Gasteiger partial charge in [-0.2, -0.15) is 0 Å². The van der Waals surface area contributed by atoms with Gasteiger partial charge in [0.25, 0.3) is 0 Å². The van der Waals surface area contributed by atoms with Crippen LogP contribution in [0.1, 0.15) is 37.8 Å². The molecule has 2 N–H and O–H groups in total. The molecule has 1 aromatic heterocycles. The van der Waals surface area contributed by atoms with Crippen molar-refractivity contribution in [2.75, 3.05) is 13.7 Å². The minimum Gasteiger partial charge on any atom is -0.497 e. The first-order chi connectivity index (χ1) is 7.80. The van der Waals surface area contributed by atoms with Gasteiger partial charge in [-0.3, -0.25) is 4.98 Å². The maximum atomic E-state index is 5.98. The molecule has 0 saturated heterocycles. The maximum absolute atomic E-state index is 5.98. The molecule has 1 aliphatic carbocycles. The first kappa shape index (κ1) is 11.4. The number of aromatic nitrogens is 1. The Bertz CT molecular complexity index is 346. The van der Waals surface area contributed by atoms with Crippen LogP contribution in [0.2, 0.25) is 0 Å². The van der Waals surface area contributed by atoms with Crippen LogP contribution in [0.25, 0.3) is 0 Å². The van der Waals surface area contributed by atoms with Crippen LogP contribution in [0.5, 0.6) is 5.75 Å². The maximum Gasteiger partial charge on any atom is 0.122 e. The normalized spacial score (nSPS) is 19.4. The Morgan fingerprint density at radius 1 is 1.38 bits per heavy atom. The molecule has 0 amide bonds. The fourth-order valence-electron chi connectivity index (χ4n) is 2.62. The molecule has 0 atom stereocenters. The molecule has 88 valence electrons. The largest absolute Gasteiger partial charge is 0.497 e. The Kier molecular flexibility index (Phi) is 3.44. The molecule has 3 nitrogen and oxygen atoms in total. The molecule has 1 aliphatic rings. The average Bonchev–Trinajstić information content (AvgIpc) is 2.39. The van der Waals surface area contributed by atoms with E-state index in [1.807, 2.05) is 18.3 Å². The highest BCUT2D eigenvalue weighted by Gasteiger charge is 2.33. The minimum atomic E-state index is 0.0901. The van der Waals surface area contributed by atoms with Gasteiger partial charge in [0.15, 0.2) is 0 Å². The second kappa shape index (κ2) is 4.83. The van der Waals surface area contributed by atoms with Crippen LogP contribution in [0, 0.1) is 0 Å². The van der Waals surface area contributed by atoms with Gasteiger partial charge in [-0.25, -0.2) is 0 Å². The van der Waals surface area contributed by atoms with Crippen molar-refractivity contribution in [2.45, 2.75) is 37.5 Å². The Morgan fingerprint density at radius 3 is 2.75 bits per heavy atom. The van der Waals surface area contributed by atoms with Gasteiger partial charge < -0.3 is 10.5 Å². The van der Waals surface area contributed by atoms with Crippen molar-refractivity contribution in [2.24, 2.45) is 5.73 Å². The lowest BCUT2D eigenvalue weighted by atomic mass is 9.71. The van der Waals surface area contributed by atoms with Crippen molar-refractivity contribution in [1.82, 2.24) is 4.98 Å². The number of nitrogens with two attached hydrogens (primary N) is 1. The van der Waals surface area contributed by atoms with Crippen molar-refractivity contribution in [1.29, 1.82) is 0 Å². The fraction of sp³-hybridized carbons (Fsp3) is 0.615. The van der Waals surface area contributed by atoms with E-state index in [2.05, 4.69) is 4.98 Å². The number of nitrogens with zero attached hydrogens (tertiary/aromatic N) is 1. The molecule has 1 aromatic rings. The monoisotopic (exact) mass is 220 g/mol. The third-order valence-electron chi connectivity index (χ3n) is 3.71. The number of pyridine rings is 1. The van der Waals surface area contributed by atoms with Gasteiger partial charge in [0.2, 0.25) is 0 Å². The Balaban J connectivity index is 2.31. The first-order valence-corrected chi connectivity index (χ1v) is 6.01. The van der Waals surface area contributed by atoms with E-state index in [4.69, 9.17) is 10.5 Å². The second-order valence-electron chi connectivity index (χ2n) is 4.63. The van der Waals surface area contributed by atoms with E-state index < -0.39 is 0 Å². The zero-order valence-corrected chi connectivity index (χ0v) is 9.91. The van der Waals surface area contributed by atoms with Crippen molar-refractivity contribution in [3.8, 4) is 5.75 Å². The SMILES string of the molecule is COc1ccnc(C2(CN)CCCCC2)c1. The van der Waals surface area contributed by atoms with Crippen LogP contribution in [0.3, 0.4) is 0 Å². The zero-order chi connectivity index (χ0) is 11.4. The lowest BCUT2D eigenvalue weighted by molar-refractivity contribution is 0.292. The highest BCUT2D eigenvalue weighted by Crippen LogP contribution is 2.38. The summed E-state index contributed by atoms with van der Waals surface area (Å²) in [6, 6.07) is 3.93. The highest BCUT2D eigenvalue weighted by atomic mass is 16.5. The fourth-order valence-corrected chi connectivity index (χ4v) is 2.62. The van der Waals surface area contributed by atoms with Crippen molar-refractivity contribution < 1.29 is 4.74 Å². The standard InChI is InChI=1S/C13H20N2O/c1-16-11-5-8-15-12(9-11)13(10-14)6-3-2-4-7-13/h5,8-9H,2-4,6-7,10,14H2,1H3. The van der Waals surface area contributed by atoms with Gasteiger partial charge in [-0.1, -0.05) is 19.3 Å². The van der Waals surface area contributed by atoms with Crippen LogP contribution in [0.15, 0.2) is 18.3 Å². The predicted octanol–water partition coefficient (Wildman–Crippen LogP) is 2.25. The summed E-state index contributed by atoms with van der Waals surface area (Å²) in [7, 11) is 1.69. The molecule has 2 rings (SSSR count). The number of ether oxygens (including phenoxy) is 1. The van der Waals surface area contributed by atoms with E-state index in [0.29, 0.717) is 6.54 Å². The summed E-state index contributed by atoms with van der Waals surface area (Å²) >= 11 is 0. The predicted molar refractivity (Wildman–Crippen MR) is 64.6 cm³/mol. The minimum absolute atomic E-state index is 0.0901. The van der Waals surface area contributed by atoms with E-state index in [-0.39, 0.29) is 5.41 Å². The summed E-state index contributed by atoms with van der Waals surface area (Å²) < 4.78 is 5.25. The molecule has 1 fully saturated rings. The van der Waals surface area contributed by atoms with E-state index in [1.54, 1.807) is 7.11 Å². The summed E-state index contributed by atoms with van der Waals surface area (Å²) in [5.41, 5.74) is 7.18. The lowest BCUT2D eigenvalue weighted by Crippen LogP contribution is -2.37. The summed E-state index contributed by atoms with van der Waals surface area (Å²) in [5.74, 6) is 0.878. The van der Waals surface area contributed by atoms with Gasteiger partial charge in [0, 0.05) is 24.2 Å². The molecule has 16 heavy (non-hydrogen) atoms. The van der Waals surface area contributed by atoms with Crippen LogP contribution >= 0.6 is 0 Å². The topological polar surface area (TPSA) is 48.1 Å². The molecule has 0 unspecified atom stereocenters. The first-order valence-electron chi connectivity index (χ1n) is 6.01. The molecular formula is C13H20N2O. The molecule has 3 heteroatoms. The molecule has 0 aliphatic heterocycles. The number of methoxy groups -OCH3 is 1. The summed E-state index contributed by atoms with van der Waals surface area (Å²) in [4.78, 5) is 4.49. The highest BCUT2D eigenvalue weighted by molar-refractivity contribution is 5.28. The van der Waals surface area contributed by atoms with Gasteiger partial charge in [0.05, 0.1) is 12.8 Å². The van der Waals surface area contributed by atoms with Gasteiger partial charge in [-0.15, -0.1) is 0 Å². The summed E-state index contributed by atoms with van der Waals surface area (Å²) in [5, 5.41) is 0. The van der Waals surface area contributed by atoms with Crippen LogP contribution in [0.4, 0.5) is 0 Å². The number of rotatable bonds is 3. The molecular weight excluding hydrogens is 200 g/mol. The molecule has 1 saturated carbocycles. The second-order valence-corrected chi connectivity index (χ2v) is 4.63. The van der Waals surface area contributed by atoms with E-state index in [0.717, 1.165) is 24.3 Å². The van der Waals surface area contributed by atoms with Crippen LogP contribution < -0.4 is 10.5 Å². The van der Waals surface area contributed by atoms with Gasteiger partial charge >= 0.3 is 0 Å². The van der Waals surface area contributed by atoms with Gasteiger partial charge in [0.1, 0.15) is 5.75 Å². The van der Waals surface area contributed by atoms with Crippen LogP contribution in [-0.4, -0.2) is 18.6 Å². The van der Waals surface area contributed by atoms with Crippen molar-refractivity contribution in [3.63, 3.8) is 0 Å². The third kappa shape index (κ3) is 2.05.